The number of carbonyl (C=O) groups is 2. The molecule has 0 aromatic heterocycles. The molecular weight excluding hydrogens is 434 g/mol. The van der Waals surface area contributed by atoms with E-state index in [-0.39, 0.29) is 29.4 Å². The highest BCUT2D eigenvalue weighted by molar-refractivity contribution is 6.44. The van der Waals surface area contributed by atoms with Crippen molar-refractivity contribution in [3.63, 3.8) is 0 Å². The number of hydrogen-bond acceptors (Lipinski definition) is 9. The van der Waals surface area contributed by atoms with Gasteiger partial charge in [0.25, 0.3) is 11.8 Å². The summed E-state index contributed by atoms with van der Waals surface area (Å²) in [4.78, 5) is 38.1. The van der Waals surface area contributed by atoms with Crippen LogP contribution in [0, 0.1) is 0 Å². The number of aliphatic imine (C=N–C) groups is 2. The van der Waals surface area contributed by atoms with E-state index in [4.69, 9.17) is 16.5 Å². The van der Waals surface area contributed by atoms with E-state index < -0.39 is 5.91 Å². The summed E-state index contributed by atoms with van der Waals surface area (Å²) in [5.41, 5.74) is 12.9. The van der Waals surface area contributed by atoms with Gasteiger partial charge in [0.15, 0.2) is 5.82 Å². The van der Waals surface area contributed by atoms with Crippen LogP contribution in [0.1, 0.15) is 32.6 Å². The quantitative estimate of drug-likeness (QED) is 0.386. The average Bonchev–Trinajstić information content (AvgIpc) is 3.28. The highest BCUT2D eigenvalue weighted by Gasteiger charge is 2.31. The number of likely N-dealkylation sites (tertiary alicyclic amines) is 2. The molecule has 11 heteroatoms. The van der Waals surface area contributed by atoms with Gasteiger partial charge in [0.2, 0.25) is 0 Å². The van der Waals surface area contributed by atoms with Crippen molar-refractivity contribution in [2.75, 3.05) is 33.7 Å². The fourth-order valence-corrected chi connectivity index (χ4v) is 4.36. The molecule has 3 aliphatic rings. The third kappa shape index (κ3) is 5.53. The van der Waals surface area contributed by atoms with Crippen molar-refractivity contribution < 1.29 is 9.59 Å². The zero-order valence-electron chi connectivity index (χ0n) is 20.2. The minimum absolute atomic E-state index is 0.0728. The molecule has 0 radical (unpaired) electrons. The van der Waals surface area contributed by atoms with Crippen LogP contribution >= 0.6 is 0 Å². The Balaban J connectivity index is 1.90. The van der Waals surface area contributed by atoms with Crippen LogP contribution in [0.15, 0.2) is 50.5 Å². The van der Waals surface area contributed by atoms with Gasteiger partial charge >= 0.3 is 0 Å². The Morgan fingerprint density at radius 2 is 2.06 bits per heavy atom. The molecule has 2 fully saturated rings. The van der Waals surface area contributed by atoms with E-state index in [2.05, 4.69) is 27.0 Å². The molecule has 11 nitrogen and oxygen atoms in total. The van der Waals surface area contributed by atoms with Crippen molar-refractivity contribution in [2.45, 2.75) is 44.7 Å². The van der Waals surface area contributed by atoms with Crippen molar-refractivity contribution in [1.82, 2.24) is 20.1 Å². The number of likely N-dealkylation sites (N-methyl/N-ethyl adjacent to an activating group) is 1. The summed E-state index contributed by atoms with van der Waals surface area (Å²) in [7, 11) is 2.98. The molecule has 2 atom stereocenters. The van der Waals surface area contributed by atoms with Gasteiger partial charge in [0.1, 0.15) is 11.5 Å². The SMILES string of the molecule is C=NN1C=C(C)C(N2CC[C@H](N)C2)=N/C1=C/C1CCCCN1C(=O)C(C=C(N)C(=O)NC)=NC. The van der Waals surface area contributed by atoms with E-state index in [1.54, 1.807) is 9.91 Å². The van der Waals surface area contributed by atoms with Gasteiger partial charge in [-0.05, 0) is 44.8 Å². The van der Waals surface area contributed by atoms with Crippen LogP contribution < -0.4 is 16.8 Å². The molecule has 3 aliphatic heterocycles. The van der Waals surface area contributed by atoms with Crippen molar-refractivity contribution >= 4 is 30.1 Å². The van der Waals surface area contributed by atoms with Gasteiger partial charge in [-0.25, -0.2) is 10.0 Å². The third-order valence-corrected chi connectivity index (χ3v) is 6.19. The second kappa shape index (κ2) is 11.1. The maximum absolute atomic E-state index is 13.4. The molecule has 2 amide bonds. The Hall–Kier alpha value is -3.47. The zero-order valence-corrected chi connectivity index (χ0v) is 20.2. The van der Waals surface area contributed by atoms with Crippen molar-refractivity contribution in [1.29, 1.82) is 0 Å². The van der Waals surface area contributed by atoms with Crippen LogP contribution in [0.5, 0.6) is 0 Å². The van der Waals surface area contributed by atoms with Crippen LogP contribution in [0.25, 0.3) is 0 Å². The summed E-state index contributed by atoms with van der Waals surface area (Å²) < 4.78 is 0. The van der Waals surface area contributed by atoms with Crippen molar-refractivity contribution in [3.05, 3.63) is 35.4 Å². The molecule has 34 heavy (non-hydrogen) atoms. The second-order valence-corrected chi connectivity index (χ2v) is 8.60. The van der Waals surface area contributed by atoms with Gasteiger partial charge in [-0.3, -0.25) is 14.6 Å². The Bertz CT molecular complexity index is 979. The van der Waals surface area contributed by atoms with Gasteiger partial charge in [-0.1, -0.05) is 0 Å². The molecule has 3 rings (SSSR count). The van der Waals surface area contributed by atoms with Crippen LogP contribution in [0.3, 0.4) is 0 Å². The van der Waals surface area contributed by atoms with E-state index in [1.807, 2.05) is 19.2 Å². The van der Waals surface area contributed by atoms with E-state index >= 15 is 0 Å². The van der Waals surface area contributed by atoms with Gasteiger partial charge in [-0.2, -0.15) is 5.10 Å². The largest absolute Gasteiger partial charge is 0.394 e. The lowest BCUT2D eigenvalue weighted by atomic mass is 10.0. The summed E-state index contributed by atoms with van der Waals surface area (Å²) in [6.07, 6.45) is 8.70. The van der Waals surface area contributed by atoms with Gasteiger partial charge in [-0.15, -0.1) is 0 Å². The summed E-state index contributed by atoms with van der Waals surface area (Å²) in [5.74, 6) is 0.721. The van der Waals surface area contributed by atoms with E-state index in [0.717, 1.165) is 50.2 Å². The monoisotopic (exact) mass is 469 g/mol. The summed E-state index contributed by atoms with van der Waals surface area (Å²) in [5, 5.41) is 8.18. The molecule has 2 saturated heterocycles. The molecule has 1 unspecified atom stereocenters. The fourth-order valence-electron chi connectivity index (χ4n) is 4.36. The molecule has 0 spiro atoms. The highest BCUT2D eigenvalue weighted by atomic mass is 16.2. The zero-order chi connectivity index (χ0) is 24.8. The molecule has 0 aliphatic carbocycles. The topological polar surface area (TPSA) is 145 Å². The van der Waals surface area contributed by atoms with Gasteiger partial charge in [0, 0.05) is 58.3 Å². The molecule has 0 saturated carbocycles. The highest BCUT2D eigenvalue weighted by Crippen LogP contribution is 2.26. The standard InChI is InChI=1S/C23H35N9O2/c1-15-13-32(28-4)20(29-21(15)30-10-8-16(24)14-30)11-17-7-5-6-9-31(17)23(34)19(26-2)12-18(25)22(33)27-3/h11-13,16-17H,4-10,14,24-25H2,1-3H3,(H,27,33)/b18-12?,20-11-,26-19?/t16-,17?/m0/s1. The Morgan fingerprint density at radius 3 is 2.68 bits per heavy atom. The average molecular weight is 470 g/mol. The minimum Gasteiger partial charge on any atom is -0.394 e. The molecule has 0 bridgehead atoms. The number of amidine groups is 1. The van der Waals surface area contributed by atoms with Crippen LogP contribution in [-0.2, 0) is 9.59 Å². The number of hydrogen-bond donors (Lipinski definition) is 3. The molecule has 184 valence electrons. The van der Waals surface area contributed by atoms with Crippen LogP contribution in [-0.4, -0.2) is 90.7 Å². The predicted molar refractivity (Wildman–Crippen MR) is 134 cm³/mol. The summed E-state index contributed by atoms with van der Waals surface area (Å²) in [6.45, 7) is 7.83. The predicted octanol–water partition coefficient (Wildman–Crippen LogP) is 0.135. The molecule has 0 aromatic carbocycles. The molecule has 3 heterocycles. The maximum Gasteiger partial charge on any atom is 0.272 e. The second-order valence-electron chi connectivity index (χ2n) is 8.60. The first-order valence-corrected chi connectivity index (χ1v) is 11.5. The normalized spacial score (nSPS) is 25.3. The number of nitrogens with two attached hydrogens (primary N) is 2. The first-order chi connectivity index (χ1) is 16.3. The number of amides is 2. The Labute approximate surface area is 200 Å². The van der Waals surface area contributed by atoms with Gasteiger partial charge < -0.3 is 26.6 Å². The minimum atomic E-state index is -0.466. The lowest BCUT2D eigenvalue weighted by molar-refractivity contribution is -0.126. The number of hydrazone groups is 1. The van der Waals surface area contributed by atoms with Crippen LogP contribution in [0.4, 0.5) is 0 Å². The van der Waals surface area contributed by atoms with Crippen LogP contribution in [0.2, 0.25) is 0 Å². The number of nitrogens with zero attached hydrogens (tertiary/aromatic N) is 6. The van der Waals surface area contributed by atoms with Gasteiger partial charge in [0.05, 0.1) is 11.7 Å². The maximum atomic E-state index is 13.4. The number of carbonyl (C=O) groups excluding carboxylic acids is 2. The Kier molecular flexibility index (Phi) is 8.21. The number of piperidine rings is 1. The van der Waals surface area contributed by atoms with Crippen molar-refractivity contribution in [3.8, 4) is 0 Å². The third-order valence-electron chi connectivity index (χ3n) is 6.19. The lowest BCUT2D eigenvalue weighted by Gasteiger charge is -2.35. The summed E-state index contributed by atoms with van der Waals surface area (Å²) >= 11 is 0. The van der Waals surface area contributed by atoms with E-state index in [0.29, 0.717) is 12.4 Å². The fraction of sp³-hybridized carbons (Fsp3) is 0.522. The van der Waals surface area contributed by atoms with E-state index in [9.17, 15) is 9.59 Å². The molecule has 0 aromatic rings. The first-order valence-electron chi connectivity index (χ1n) is 11.5. The Morgan fingerprint density at radius 1 is 1.29 bits per heavy atom. The van der Waals surface area contributed by atoms with E-state index in [1.165, 1.54) is 20.2 Å². The lowest BCUT2D eigenvalue weighted by Crippen LogP contribution is -2.46. The molecular formula is C23H35N9O2. The number of rotatable bonds is 5. The first kappa shape index (κ1) is 25.2. The summed E-state index contributed by atoms with van der Waals surface area (Å²) in [6, 6.07) is -0.0866. The van der Waals surface area contributed by atoms with Crippen molar-refractivity contribution in [2.24, 2.45) is 26.6 Å². The number of nitrogens with one attached hydrogen (secondary N) is 1. The molecule has 5 N–H and O–H groups in total. The smallest absolute Gasteiger partial charge is 0.272 e.